The number of nitrogens with zero attached hydrogens (tertiary/aromatic N) is 2. The van der Waals surface area contributed by atoms with Gasteiger partial charge in [-0.2, -0.15) is 0 Å². The fourth-order valence-corrected chi connectivity index (χ4v) is 3.38. The van der Waals surface area contributed by atoms with Crippen molar-refractivity contribution >= 4 is 5.91 Å². The number of carbonyl (C=O) groups excluding carboxylic acids is 1. The molecule has 0 spiro atoms. The number of hydrogen-bond acceptors (Lipinski definition) is 4. The average molecular weight is 288 g/mol. The Morgan fingerprint density at radius 3 is 2.86 bits per heavy atom. The van der Waals surface area contributed by atoms with E-state index in [1.165, 1.54) is 12.0 Å². The standard InChI is InChI=1S/C16H24N4O/c17-16(21)14-3-1-2-13(10-14)11-19-7-4-15(12-19)20-8-5-18-6-9-20/h1-3,10,15,18H,4-9,11-12H2,(H2,17,21). The molecular weight excluding hydrogens is 264 g/mol. The summed E-state index contributed by atoms with van der Waals surface area (Å²) in [7, 11) is 0. The lowest BCUT2D eigenvalue weighted by Gasteiger charge is -2.32. The van der Waals surface area contributed by atoms with Crippen LogP contribution in [0.15, 0.2) is 24.3 Å². The molecule has 2 fully saturated rings. The summed E-state index contributed by atoms with van der Waals surface area (Å²) in [6, 6.07) is 8.37. The summed E-state index contributed by atoms with van der Waals surface area (Å²) in [5.41, 5.74) is 7.12. The maximum Gasteiger partial charge on any atom is 0.248 e. The van der Waals surface area contributed by atoms with Crippen molar-refractivity contribution in [3.8, 4) is 0 Å². The fraction of sp³-hybridized carbons (Fsp3) is 0.562. The van der Waals surface area contributed by atoms with Crippen molar-refractivity contribution < 1.29 is 4.79 Å². The van der Waals surface area contributed by atoms with Crippen molar-refractivity contribution in [1.82, 2.24) is 15.1 Å². The van der Waals surface area contributed by atoms with Crippen molar-refractivity contribution in [3.05, 3.63) is 35.4 Å². The normalized spacial score (nSPS) is 24.3. The second-order valence-electron chi connectivity index (χ2n) is 6.03. The van der Waals surface area contributed by atoms with Crippen LogP contribution in [0.25, 0.3) is 0 Å². The highest BCUT2D eigenvalue weighted by molar-refractivity contribution is 5.92. The summed E-state index contributed by atoms with van der Waals surface area (Å²) >= 11 is 0. The molecule has 1 atom stereocenters. The largest absolute Gasteiger partial charge is 0.366 e. The monoisotopic (exact) mass is 288 g/mol. The van der Waals surface area contributed by atoms with Crippen LogP contribution in [0.5, 0.6) is 0 Å². The van der Waals surface area contributed by atoms with Gasteiger partial charge in [-0.3, -0.25) is 14.6 Å². The Morgan fingerprint density at radius 1 is 1.29 bits per heavy atom. The molecule has 3 rings (SSSR count). The van der Waals surface area contributed by atoms with E-state index in [1.54, 1.807) is 6.07 Å². The maximum absolute atomic E-state index is 11.2. The number of rotatable bonds is 4. The summed E-state index contributed by atoms with van der Waals surface area (Å²) in [5.74, 6) is -0.350. The number of nitrogens with one attached hydrogen (secondary N) is 1. The molecule has 0 radical (unpaired) electrons. The zero-order valence-corrected chi connectivity index (χ0v) is 12.4. The Kier molecular flexibility index (Phi) is 4.53. The van der Waals surface area contributed by atoms with Crippen LogP contribution in [0.4, 0.5) is 0 Å². The number of likely N-dealkylation sites (tertiary alicyclic amines) is 1. The maximum atomic E-state index is 11.2. The summed E-state index contributed by atoms with van der Waals surface area (Å²) in [5, 5.41) is 3.41. The quantitative estimate of drug-likeness (QED) is 0.834. The molecule has 1 aromatic carbocycles. The number of carbonyl (C=O) groups is 1. The highest BCUT2D eigenvalue weighted by Gasteiger charge is 2.28. The molecule has 5 heteroatoms. The molecule has 0 saturated carbocycles. The minimum atomic E-state index is -0.350. The first-order valence-electron chi connectivity index (χ1n) is 7.78. The van der Waals surface area contributed by atoms with Crippen molar-refractivity contribution in [3.63, 3.8) is 0 Å². The van der Waals surface area contributed by atoms with Crippen molar-refractivity contribution in [2.24, 2.45) is 5.73 Å². The fourth-order valence-electron chi connectivity index (χ4n) is 3.38. The Hall–Kier alpha value is -1.43. The van der Waals surface area contributed by atoms with Gasteiger partial charge in [0.25, 0.3) is 0 Å². The molecule has 2 saturated heterocycles. The van der Waals surface area contributed by atoms with Gasteiger partial charge in [0.05, 0.1) is 0 Å². The first kappa shape index (κ1) is 14.5. The minimum Gasteiger partial charge on any atom is -0.366 e. The predicted octanol–water partition coefficient (Wildman–Crippen LogP) is 0.265. The van der Waals surface area contributed by atoms with Crippen LogP contribution in [0.3, 0.4) is 0 Å². The Balaban J connectivity index is 1.56. The van der Waals surface area contributed by atoms with Crippen molar-refractivity contribution in [1.29, 1.82) is 0 Å². The van der Waals surface area contributed by atoms with E-state index in [0.717, 1.165) is 45.8 Å². The van der Waals surface area contributed by atoms with Crippen LogP contribution in [0.1, 0.15) is 22.3 Å². The van der Waals surface area contributed by atoms with E-state index < -0.39 is 0 Å². The van der Waals surface area contributed by atoms with Crippen molar-refractivity contribution in [2.45, 2.75) is 19.0 Å². The van der Waals surface area contributed by atoms with Crippen molar-refractivity contribution in [2.75, 3.05) is 39.3 Å². The third-order valence-corrected chi connectivity index (χ3v) is 4.53. The van der Waals surface area contributed by atoms with Gasteiger partial charge in [-0.25, -0.2) is 0 Å². The third kappa shape index (κ3) is 3.61. The minimum absolute atomic E-state index is 0.350. The smallest absolute Gasteiger partial charge is 0.248 e. The van der Waals surface area contributed by atoms with Gasteiger partial charge in [0.1, 0.15) is 0 Å². The lowest BCUT2D eigenvalue weighted by molar-refractivity contribution is 0.1000. The number of benzene rings is 1. The topological polar surface area (TPSA) is 61.6 Å². The second kappa shape index (κ2) is 6.56. The van der Waals surface area contributed by atoms with E-state index in [9.17, 15) is 4.79 Å². The van der Waals surface area contributed by atoms with Crippen LogP contribution in [0, 0.1) is 0 Å². The van der Waals surface area contributed by atoms with E-state index in [2.05, 4.69) is 21.2 Å². The SMILES string of the molecule is NC(=O)c1cccc(CN2CCC(N3CCNCC3)C2)c1. The number of amides is 1. The molecule has 0 aliphatic carbocycles. The molecule has 0 aromatic heterocycles. The first-order chi connectivity index (χ1) is 10.2. The van der Waals surface area contributed by atoms with E-state index >= 15 is 0 Å². The summed E-state index contributed by atoms with van der Waals surface area (Å²) in [4.78, 5) is 16.3. The lowest BCUT2D eigenvalue weighted by atomic mass is 10.1. The van der Waals surface area contributed by atoms with E-state index in [-0.39, 0.29) is 5.91 Å². The van der Waals surface area contributed by atoms with Gasteiger partial charge in [0, 0.05) is 57.4 Å². The van der Waals surface area contributed by atoms with Crippen LogP contribution in [0.2, 0.25) is 0 Å². The second-order valence-corrected chi connectivity index (χ2v) is 6.03. The van der Waals surface area contributed by atoms with Crippen LogP contribution >= 0.6 is 0 Å². The van der Waals surface area contributed by atoms with Gasteiger partial charge in [-0.05, 0) is 24.1 Å². The molecular formula is C16H24N4O. The zero-order valence-electron chi connectivity index (χ0n) is 12.4. The average Bonchev–Trinajstić information content (AvgIpc) is 2.97. The number of nitrogens with two attached hydrogens (primary N) is 1. The molecule has 1 aromatic rings. The molecule has 2 aliphatic rings. The Labute approximate surface area is 126 Å². The molecule has 114 valence electrons. The van der Waals surface area contributed by atoms with Gasteiger partial charge >= 0.3 is 0 Å². The van der Waals surface area contributed by atoms with Gasteiger partial charge in [0.15, 0.2) is 0 Å². The van der Waals surface area contributed by atoms with E-state index in [1.807, 2.05) is 12.1 Å². The molecule has 5 nitrogen and oxygen atoms in total. The highest BCUT2D eigenvalue weighted by atomic mass is 16.1. The molecule has 1 amide bonds. The zero-order chi connectivity index (χ0) is 14.7. The molecule has 2 aliphatic heterocycles. The summed E-state index contributed by atoms with van der Waals surface area (Å²) in [6.07, 6.45) is 1.25. The molecule has 3 N–H and O–H groups in total. The van der Waals surface area contributed by atoms with Crippen LogP contribution < -0.4 is 11.1 Å². The first-order valence-corrected chi connectivity index (χ1v) is 7.78. The third-order valence-electron chi connectivity index (χ3n) is 4.53. The number of primary amides is 1. The van der Waals surface area contributed by atoms with Gasteiger partial charge in [0.2, 0.25) is 5.91 Å². The molecule has 0 bridgehead atoms. The number of hydrogen-bond donors (Lipinski definition) is 2. The lowest BCUT2D eigenvalue weighted by Crippen LogP contribution is -2.49. The van der Waals surface area contributed by atoms with Gasteiger partial charge in [-0.15, -0.1) is 0 Å². The Bertz CT molecular complexity index is 499. The predicted molar refractivity (Wildman–Crippen MR) is 83.1 cm³/mol. The highest BCUT2D eigenvalue weighted by Crippen LogP contribution is 2.19. The number of piperazine rings is 1. The van der Waals surface area contributed by atoms with Gasteiger partial charge < -0.3 is 11.1 Å². The van der Waals surface area contributed by atoms with Crippen LogP contribution in [-0.4, -0.2) is 61.0 Å². The summed E-state index contributed by atoms with van der Waals surface area (Å²) < 4.78 is 0. The molecule has 2 heterocycles. The van der Waals surface area contributed by atoms with E-state index in [4.69, 9.17) is 5.73 Å². The van der Waals surface area contributed by atoms with Crippen LogP contribution in [-0.2, 0) is 6.54 Å². The van der Waals surface area contributed by atoms with E-state index in [0.29, 0.717) is 11.6 Å². The molecule has 1 unspecified atom stereocenters. The Morgan fingerprint density at radius 2 is 2.10 bits per heavy atom. The van der Waals surface area contributed by atoms with Gasteiger partial charge in [-0.1, -0.05) is 12.1 Å². The molecule has 21 heavy (non-hydrogen) atoms. The summed E-state index contributed by atoms with van der Waals surface area (Å²) in [6.45, 7) is 7.71.